The number of hydrogen-bond donors (Lipinski definition) is 2. The van der Waals surface area contributed by atoms with E-state index in [4.69, 9.17) is 5.11 Å². The van der Waals surface area contributed by atoms with Crippen molar-refractivity contribution in [2.45, 2.75) is 19.8 Å². The maximum atomic E-state index is 12.9. The average molecular weight is 332 g/mol. The first-order chi connectivity index (χ1) is 8.93. The Morgan fingerprint density at radius 1 is 1.47 bits per heavy atom. The van der Waals surface area contributed by atoms with Gasteiger partial charge < -0.3 is 10.4 Å². The Labute approximate surface area is 119 Å². The molecular weight excluding hydrogens is 317 g/mol. The number of benzene rings is 1. The van der Waals surface area contributed by atoms with Crippen molar-refractivity contribution >= 4 is 27.8 Å². The zero-order valence-electron chi connectivity index (χ0n) is 10.5. The fourth-order valence-corrected chi connectivity index (χ4v) is 2.14. The van der Waals surface area contributed by atoms with E-state index in [9.17, 15) is 14.0 Å². The predicted molar refractivity (Wildman–Crippen MR) is 72.5 cm³/mol. The summed E-state index contributed by atoms with van der Waals surface area (Å²) in [5.41, 5.74) is 0.326. The highest BCUT2D eigenvalue weighted by molar-refractivity contribution is 9.10. The second-order valence-corrected chi connectivity index (χ2v) is 5.06. The SMILES string of the molecule is CCC(CNC(=O)c1ccc(F)cc1Br)CC(=O)O. The van der Waals surface area contributed by atoms with Crippen LogP contribution in [0.15, 0.2) is 22.7 Å². The van der Waals surface area contributed by atoms with Crippen LogP contribution in [0.2, 0.25) is 0 Å². The van der Waals surface area contributed by atoms with Gasteiger partial charge in [-0.1, -0.05) is 13.3 Å². The number of halogens is 2. The van der Waals surface area contributed by atoms with Gasteiger partial charge in [0, 0.05) is 17.4 Å². The predicted octanol–water partition coefficient (Wildman–Crippen LogP) is 2.82. The zero-order chi connectivity index (χ0) is 14.4. The van der Waals surface area contributed by atoms with Gasteiger partial charge in [0.05, 0.1) is 5.56 Å². The fourth-order valence-electron chi connectivity index (χ4n) is 1.61. The first kappa shape index (κ1) is 15.6. The molecule has 2 N–H and O–H groups in total. The van der Waals surface area contributed by atoms with E-state index in [0.717, 1.165) is 0 Å². The lowest BCUT2D eigenvalue weighted by Crippen LogP contribution is -2.30. The van der Waals surface area contributed by atoms with E-state index in [1.54, 1.807) is 0 Å². The summed E-state index contributed by atoms with van der Waals surface area (Å²) in [6, 6.07) is 3.80. The highest BCUT2D eigenvalue weighted by atomic mass is 79.9. The summed E-state index contributed by atoms with van der Waals surface area (Å²) < 4.78 is 13.3. The Bertz CT molecular complexity index is 479. The summed E-state index contributed by atoms with van der Waals surface area (Å²) in [5, 5.41) is 11.4. The highest BCUT2D eigenvalue weighted by Gasteiger charge is 2.15. The highest BCUT2D eigenvalue weighted by Crippen LogP contribution is 2.18. The summed E-state index contributed by atoms with van der Waals surface area (Å²) in [7, 11) is 0. The van der Waals surface area contributed by atoms with Crippen LogP contribution in [0, 0.1) is 11.7 Å². The summed E-state index contributed by atoms with van der Waals surface area (Å²) in [6.45, 7) is 2.15. The summed E-state index contributed by atoms with van der Waals surface area (Å²) >= 11 is 3.12. The second kappa shape index (κ2) is 7.23. The molecule has 0 aliphatic carbocycles. The van der Waals surface area contributed by atoms with Gasteiger partial charge in [-0.2, -0.15) is 0 Å². The van der Waals surface area contributed by atoms with Crippen LogP contribution in [0.5, 0.6) is 0 Å². The molecule has 1 aromatic rings. The molecule has 0 aliphatic heterocycles. The molecule has 0 spiro atoms. The number of carboxylic acids is 1. The minimum atomic E-state index is -0.885. The van der Waals surface area contributed by atoms with Gasteiger partial charge in [-0.25, -0.2) is 4.39 Å². The minimum absolute atomic E-state index is 0.0152. The summed E-state index contributed by atoms with van der Waals surface area (Å²) in [4.78, 5) is 22.5. The molecule has 1 atom stereocenters. The maximum Gasteiger partial charge on any atom is 0.303 e. The van der Waals surface area contributed by atoms with E-state index in [1.807, 2.05) is 6.92 Å². The van der Waals surface area contributed by atoms with Gasteiger partial charge >= 0.3 is 5.97 Å². The number of carbonyl (C=O) groups is 2. The smallest absolute Gasteiger partial charge is 0.303 e. The molecule has 0 aromatic heterocycles. The van der Waals surface area contributed by atoms with Crippen LogP contribution >= 0.6 is 15.9 Å². The number of carbonyl (C=O) groups excluding carboxylic acids is 1. The maximum absolute atomic E-state index is 12.9. The molecule has 1 amide bonds. The molecule has 1 aromatic carbocycles. The van der Waals surface area contributed by atoms with Gasteiger partial charge in [-0.15, -0.1) is 0 Å². The molecule has 0 saturated carbocycles. The number of carboxylic acid groups (broad SMARTS) is 1. The number of nitrogens with one attached hydrogen (secondary N) is 1. The van der Waals surface area contributed by atoms with E-state index in [2.05, 4.69) is 21.2 Å². The van der Waals surface area contributed by atoms with Crippen molar-refractivity contribution in [1.29, 1.82) is 0 Å². The van der Waals surface area contributed by atoms with Crippen LogP contribution in [-0.2, 0) is 4.79 Å². The molecule has 104 valence electrons. The first-order valence-corrected chi connectivity index (χ1v) is 6.68. The van der Waals surface area contributed by atoms with Crippen molar-refractivity contribution in [2.24, 2.45) is 5.92 Å². The first-order valence-electron chi connectivity index (χ1n) is 5.89. The lowest BCUT2D eigenvalue weighted by atomic mass is 10.0. The molecule has 6 heteroatoms. The fraction of sp³-hybridized carbons (Fsp3) is 0.385. The van der Waals surface area contributed by atoms with Gasteiger partial charge in [-0.05, 0) is 40.0 Å². The lowest BCUT2D eigenvalue weighted by molar-refractivity contribution is -0.138. The quantitative estimate of drug-likeness (QED) is 0.842. The number of amides is 1. The van der Waals surface area contributed by atoms with Gasteiger partial charge in [0.1, 0.15) is 5.82 Å². The van der Waals surface area contributed by atoms with Crippen molar-refractivity contribution in [3.8, 4) is 0 Å². The molecular formula is C13H15BrFNO3. The zero-order valence-corrected chi connectivity index (χ0v) is 12.0. The number of hydrogen-bond acceptors (Lipinski definition) is 2. The van der Waals surface area contributed by atoms with Crippen LogP contribution in [0.3, 0.4) is 0 Å². The van der Waals surface area contributed by atoms with Crippen molar-refractivity contribution in [3.05, 3.63) is 34.1 Å². The monoisotopic (exact) mass is 331 g/mol. The third-order valence-electron chi connectivity index (χ3n) is 2.77. The van der Waals surface area contributed by atoms with Crippen molar-refractivity contribution in [2.75, 3.05) is 6.54 Å². The molecule has 0 heterocycles. The molecule has 19 heavy (non-hydrogen) atoms. The molecule has 0 saturated heterocycles. The normalized spacial score (nSPS) is 11.9. The molecule has 1 rings (SSSR count). The number of rotatable bonds is 6. The van der Waals surface area contributed by atoms with Gasteiger partial charge in [0.25, 0.3) is 5.91 Å². The van der Waals surface area contributed by atoms with E-state index in [1.165, 1.54) is 18.2 Å². The molecule has 1 unspecified atom stereocenters. The van der Waals surface area contributed by atoms with Crippen LogP contribution in [0.4, 0.5) is 4.39 Å². The van der Waals surface area contributed by atoms with E-state index >= 15 is 0 Å². The Morgan fingerprint density at radius 2 is 2.16 bits per heavy atom. The van der Waals surface area contributed by atoms with E-state index < -0.39 is 11.8 Å². The van der Waals surface area contributed by atoms with Gasteiger partial charge in [0.2, 0.25) is 0 Å². The van der Waals surface area contributed by atoms with Crippen molar-refractivity contribution in [3.63, 3.8) is 0 Å². The van der Waals surface area contributed by atoms with Crippen LogP contribution in [0.1, 0.15) is 30.1 Å². The molecule has 0 bridgehead atoms. The summed E-state index contributed by atoms with van der Waals surface area (Å²) in [6.07, 6.45) is 0.679. The average Bonchev–Trinajstić information content (AvgIpc) is 2.33. The third kappa shape index (κ3) is 4.98. The molecule has 0 fully saturated rings. The van der Waals surface area contributed by atoms with E-state index in [0.29, 0.717) is 16.5 Å². The molecule has 4 nitrogen and oxygen atoms in total. The standard InChI is InChI=1S/C13H15BrFNO3/c1-2-8(5-12(17)18)7-16-13(19)10-4-3-9(15)6-11(10)14/h3-4,6,8H,2,5,7H2,1H3,(H,16,19)(H,17,18). The van der Waals surface area contributed by atoms with Crippen LogP contribution < -0.4 is 5.32 Å². The Hall–Kier alpha value is -1.43. The Kier molecular flexibility index (Phi) is 5.95. The molecule has 0 radical (unpaired) electrons. The second-order valence-electron chi connectivity index (χ2n) is 4.21. The van der Waals surface area contributed by atoms with Crippen LogP contribution in [-0.4, -0.2) is 23.5 Å². The third-order valence-corrected chi connectivity index (χ3v) is 3.42. The van der Waals surface area contributed by atoms with Gasteiger partial charge in [-0.3, -0.25) is 9.59 Å². The van der Waals surface area contributed by atoms with Crippen molar-refractivity contribution < 1.29 is 19.1 Å². The largest absolute Gasteiger partial charge is 0.481 e. The topological polar surface area (TPSA) is 66.4 Å². The Balaban J connectivity index is 2.61. The van der Waals surface area contributed by atoms with E-state index in [-0.39, 0.29) is 24.8 Å². The van der Waals surface area contributed by atoms with Gasteiger partial charge in [0.15, 0.2) is 0 Å². The minimum Gasteiger partial charge on any atom is -0.481 e. The van der Waals surface area contributed by atoms with Crippen LogP contribution in [0.25, 0.3) is 0 Å². The summed E-state index contributed by atoms with van der Waals surface area (Å²) in [5.74, 6) is -1.78. The molecule has 0 aliphatic rings. The lowest BCUT2D eigenvalue weighted by Gasteiger charge is -2.14. The Morgan fingerprint density at radius 3 is 2.68 bits per heavy atom. The number of aliphatic carboxylic acids is 1. The van der Waals surface area contributed by atoms with Crippen molar-refractivity contribution in [1.82, 2.24) is 5.32 Å².